The molecule has 0 spiro atoms. The number of amidine groups is 1. The Morgan fingerprint density at radius 1 is 1.29 bits per heavy atom. The molecule has 2 rings (SSSR count). The first-order valence-corrected chi connectivity index (χ1v) is 7.76. The number of primary sulfonamides is 1. The molecule has 21 heavy (non-hydrogen) atoms. The molecule has 8 nitrogen and oxygen atoms in total. The normalized spacial score (nSPS) is 17.9. The van der Waals surface area contributed by atoms with Gasteiger partial charge in [0.2, 0.25) is 15.9 Å². The van der Waals surface area contributed by atoms with Crippen molar-refractivity contribution < 1.29 is 18.4 Å². The SMILES string of the molecule is N/C(=N/O)C1(C(=O)Nc2ccc(S(N)(=O)=O)cc2)CCC1. The first kappa shape index (κ1) is 15.3. The molecule has 0 heterocycles. The lowest BCUT2D eigenvalue weighted by Crippen LogP contribution is -2.51. The number of carbonyl (C=O) groups excluding carboxylic acids is 1. The van der Waals surface area contributed by atoms with Crippen LogP contribution in [0.25, 0.3) is 0 Å². The van der Waals surface area contributed by atoms with E-state index in [1.165, 1.54) is 24.3 Å². The quantitative estimate of drug-likeness (QED) is 0.271. The first-order chi connectivity index (χ1) is 9.79. The van der Waals surface area contributed by atoms with Crippen molar-refractivity contribution in [3.05, 3.63) is 24.3 Å². The molecular formula is C12H16N4O4S. The van der Waals surface area contributed by atoms with E-state index in [0.29, 0.717) is 18.5 Å². The predicted octanol–water partition coefficient (Wildman–Crippen LogP) is 0.189. The fourth-order valence-corrected chi connectivity index (χ4v) is 2.72. The number of oxime groups is 1. The summed E-state index contributed by atoms with van der Waals surface area (Å²) in [6.45, 7) is 0. The molecule has 9 heteroatoms. The highest BCUT2D eigenvalue weighted by Gasteiger charge is 2.48. The summed E-state index contributed by atoms with van der Waals surface area (Å²) in [5.41, 5.74) is 5.01. The summed E-state index contributed by atoms with van der Waals surface area (Å²) in [5, 5.41) is 19.3. The van der Waals surface area contributed by atoms with E-state index in [-0.39, 0.29) is 16.6 Å². The van der Waals surface area contributed by atoms with Crippen LogP contribution in [-0.2, 0) is 14.8 Å². The molecule has 1 aliphatic carbocycles. The van der Waals surface area contributed by atoms with Gasteiger partial charge in [0.25, 0.3) is 0 Å². The predicted molar refractivity (Wildman–Crippen MR) is 76.1 cm³/mol. The van der Waals surface area contributed by atoms with Crippen LogP contribution in [0, 0.1) is 5.41 Å². The molecule has 0 atom stereocenters. The summed E-state index contributed by atoms with van der Waals surface area (Å²) in [6.07, 6.45) is 1.82. The van der Waals surface area contributed by atoms with Gasteiger partial charge in [0, 0.05) is 5.69 Å². The molecule has 0 aromatic heterocycles. The van der Waals surface area contributed by atoms with Gasteiger partial charge in [-0.1, -0.05) is 11.6 Å². The number of anilines is 1. The zero-order valence-electron chi connectivity index (χ0n) is 11.1. The van der Waals surface area contributed by atoms with Crippen LogP contribution in [0.5, 0.6) is 0 Å². The monoisotopic (exact) mass is 312 g/mol. The molecule has 0 unspecified atom stereocenters. The van der Waals surface area contributed by atoms with Crippen LogP contribution >= 0.6 is 0 Å². The topological polar surface area (TPSA) is 148 Å². The van der Waals surface area contributed by atoms with Crippen LogP contribution in [0.4, 0.5) is 5.69 Å². The van der Waals surface area contributed by atoms with Crippen LogP contribution in [0.15, 0.2) is 34.3 Å². The molecular weight excluding hydrogens is 296 g/mol. The third-order valence-electron chi connectivity index (χ3n) is 3.68. The van der Waals surface area contributed by atoms with E-state index in [2.05, 4.69) is 10.5 Å². The van der Waals surface area contributed by atoms with E-state index in [0.717, 1.165) is 6.42 Å². The third kappa shape index (κ3) is 2.83. The van der Waals surface area contributed by atoms with E-state index in [9.17, 15) is 13.2 Å². The minimum Gasteiger partial charge on any atom is -0.409 e. The number of rotatable bonds is 4. The van der Waals surface area contributed by atoms with Crippen LogP contribution in [0.2, 0.25) is 0 Å². The lowest BCUT2D eigenvalue weighted by molar-refractivity contribution is -0.125. The maximum absolute atomic E-state index is 12.3. The number of nitrogens with two attached hydrogens (primary N) is 2. The van der Waals surface area contributed by atoms with Crippen molar-refractivity contribution in [1.29, 1.82) is 0 Å². The molecule has 1 saturated carbocycles. The molecule has 0 saturated heterocycles. The van der Waals surface area contributed by atoms with Crippen LogP contribution in [-0.4, -0.2) is 25.4 Å². The highest BCUT2D eigenvalue weighted by Crippen LogP contribution is 2.42. The van der Waals surface area contributed by atoms with Crippen molar-refractivity contribution in [3.8, 4) is 0 Å². The smallest absolute Gasteiger partial charge is 0.238 e. The number of nitrogens with zero attached hydrogens (tertiary/aromatic N) is 1. The second-order valence-electron chi connectivity index (χ2n) is 4.94. The maximum atomic E-state index is 12.3. The number of sulfonamides is 1. The Kier molecular flexibility index (Phi) is 3.88. The van der Waals surface area contributed by atoms with Gasteiger partial charge < -0.3 is 16.3 Å². The van der Waals surface area contributed by atoms with Crippen molar-refractivity contribution in [2.75, 3.05) is 5.32 Å². The highest BCUT2D eigenvalue weighted by atomic mass is 32.2. The van der Waals surface area contributed by atoms with Crippen molar-refractivity contribution in [2.45, 2.75) is 24.2 Å². The van der Waals surface area contributed by atoms with E-state index in [1.54, 1.807) is 0 Å². The van der Waals surface area contributed by atoms with Crippen molar-refractivity contribution in [2.24, 2.45) is 21.4 Å². The van der Waals surface area contributed by atoms with Gasteiger partial charge >= 0.3 is 0 Å². The lowest BCUT2D eigenvalue weighted by Gasteiger charge is -2.38. The number of hydrogen-bond donors (Lipinski definition) is 4. The molecule has 0 radical (unpaired) electrons. The molecule has 0 bridgehead atoms. The largest absolute Gasteiger partial charge is 0.409 e. The Balaban J connectivity index is 2.17. The van der Waals surface area contributed by atoms with E-state index in [4.69, 9.17) is 16.1 Å². The number of carbonyl (C=O) groups is 1. The van der Waals surface area contributed by atoms with Gasteiger partial charge in [-0.2, -0.15) is 0 Å². The number of benzene rings is 1. The Bertz CT molecular complexity index is 678. The molecule has 0 aliphatic heterocycles. The summed E-state index contributed by atoms with van der Waals surface area (Å²) in [5.74, 6) is -0.500. The number of nitrogens with one attached hydrogen (secondary N) is 1. The molecule has 1 aromatic rings. The van der Waals surface area contributed by atoms with Gasteiger partial charge in [0.15, 0.2) is 5.84 Å². The van der Waals surface area contributed by atoms with E-state index in [1.807, 2.05) is 0 Å². The van der Waals surface area contributed by atoms with Gasteiger partial charge in [-0.05, 0) is 37.1 Å². The second kappa shape index (κ2) is 5.34. The van der Waals surface area contributed by atoms with Crippen molar-refractivity contribution in [1.82, 2.24) is 0 Å². The van der Waals surface area contributed by atoms with Gasteiger partial charge in [0.1, 0.15) is 5.41 Å². The molecule has 6 N–H and O–H groups in total. The Morgan fingerprint density at radius 3 is 2.24 bits per heavy atom. The van der Waals surface area contributed by atoms with Gasteiger partial charge in [-0.25, -0.2) is 13.6 Å². The summed E-state index contributed by atoms with van der Waals surface area (Å²) in [7, 11) is -3.77. The minimum atomic E-state index is -3.77. The lowest BCUT2D eigenvalue weighted by atomic mass is 9.67. The average molecular weight is 312 g/mol. The van der Waals surface area contributed by atoms with E-state index >= 15 is 0 Å². The zero-order valence-corrected chi connectivity index (χ0v) is 11.9. The van der Waals surface area contributed by atoms with Gasteiger partial charge in [-0.15, -0.1) is 0 Å². The Hall–Kier alpha value is -2.13. The fraction of sp³-hybridized carbons (Fsp3) is 0.333. The van der Waals surface area contributed by atoms with Crippen LogP contribution in [0.1, 0.15) is 19.3 Å². The maximum Gasteiger partial charge on any atom is 0.238 e. The van der Waals surface area contributed by atoms with Crippen LogP contribution < -0.4 is 16.2 Å². The molecule has 1 fully saturated rings. The Labute approximate surface area is 121 Å². The molecule has 1 amide bonds. The number of amides is 1. The minimum absolute atomic E-state index is 0.0460. The average Bonchev–Trinajstić information content (AvgIpc) is 2.36. The molecule has 1 aromatic carbocycles. The highest BCUT2D eigenvalue weighted by molar-refractivity contribution is 7.89. The molecule has 114 valence electrons. The zero-order chi connectivity index (χ0) is 15.7. The van der Waals surface area contributed by atoms with Gasteiger partial charge in [-0.3, -0.25) is 4.79 Å². The van der Waals surface area contributed by atoms with E-state index < -0.39 is 15.4 Å². The summed E-state index contributed by atoms with van der Waals surface area (Å²) in [4.78, 5) is 12.2. The summed E-state index contributed by atoms with van der Waals surface area (Å²) < 4.78 is 22.3. The third-order valence-corrected chi connectivity index (χ3v) is 4.61. The summed E-state index contributed by atoms with van der Waals surface area (Å²) in [6, 6.07) is 5.44. The standard InChI is InChI=1S/C12H16N4O4S/c13-10(16-18)12(6-1-7-12)11(17)15-8-2-4-9(5-3-8)21(14,19)20/h2-5,18H,1,6-7H2,(H2,13,16)(H,15,17)(H2,14,19,20). The first-order valence-electron chi connectivity index (χ1n) is 6.22. The molecule has 1 aliphatic rings. The fourth-order valence-electron chi connectivity index (χ4n) is 2.20. The van der Waals surface area contributed by atoms with Crippen molar-refractivity contribution in [3.63, 3.8) is 0 Å². The summed E-state index contributed by atoms with van der Waals surface area (Å²) >= 11 is 0. The van der Waals surface area contributed by atoms with Crippen molar-refractivity contribution >= 4 is 27.5 Å². The Morgan fingerprint density at radius 2 is 1.86 bits per heavy atom. The second-order valence-corrected chi connectivity index (χ2v) is 6.51. The van der Waals surface area contributed by atoms with Gasteiger partial charge in [0.05, 0.1) is 4.90 Å². The van der Waals surface area contributed by atoms with Crippen LogP contribution in [0.3, 0.4) is 0 Å². The number of hydrogen-bond acceptors (Lipinski definition) is 5.